The second-order valence-corrected chi connectivity index (χ2v) is 5.86. The van der Waals surface area contributed by atoms with Crippen LogP contribution in [0.4, 0.5) is 4.39 Å². The minimum atomic E-state index is -1.09. The molecule has 2 aromatic rings. The zero-order valence-corrected chi connectivity index (χ0v) is 13.0. The third kappa shape index (κ3) is 3.42. The van der Waals surface area contributed by atoms with E-state index in [0.29, 0.717) is 13.0 Å². The summed E-state index contributed by atoms with van der Waals surface area (Å²) in [6.45, 7) is 0.595. The van der Waals surface area contributed by atoms with Crippen LogP contribution >= 0.6 is 0 Å². The number of hydrogen-bond acceptors (Lipinski definition) is 3. The van der Waals surface area contributed by atoms with E-state index in [1.165, 1.54) is 30.5 Å². The Hall–Kier alpha value is -2.76. The molecule has 5 nitrogen and oxygen atoms in total. The number of hydrogen-bond donors (Lipinski definition) is 1. The summed E-state index contributed by atoms with van der Waals surface area (Å²) in [4.78, 5) is 29.4. The van der Waals surface area contributed by atoms with Crippen molar-refractivity contribution in [2.75, 3.05) is 6.54 Å². The Bertz CT molecular complexity index is 778. The monoisotopic (exact) mass is 328 g/mol. The van der Waals surface area contributed by atoms with Crippen LogP contribution in [0.3, 0.4) is 0 Å². The molecule has 2 heterocycles. The molecular formula is C18H17FN2O3. The minimum Gasteiger partial charge on any atom is -0.478 e. The number of rotatable bonds is 4. The molecule has 1 aliphatic rings. The quantitative estimate of drug-likeness (QED) is 0.937. The molecule has 0 radical (unpaired) electrons. The number of carboxylic acid groups (broad SMARTS) is 1. The van der Waals surface area contributed by atoms with Crippen molar-refractivity contribution in [1.82, 2.24) is 9.88 Å². The number of benzene rings is 1. The maximum absolute atomic E-state index is 13.3. The lowest BCUT2D eigenvalue weighted by molar-refractivity contribution is 0.0696. The predicted octanol–water partition coefficient (Wildman–Crippen LogP) is 2.77. The van der Waals surface area contributed by atoms with Crippen molar-refractivity contribution in [1.29, 1.82) is 0 Å². The van der Waals surface area contributed by atoms with Crippen LogP contribution in [-0.4, -0.2) is 39.5 Å². The number of carbonyl (C=O) groups is 2. The summed E-state index contributed by atoms with van der Waals surface area (Å²) in [5, 5.41) is 9.04. The standard InChI is InChI=1S/C18H17FN2O3/c19-14-4-1-3-12(9-14)10-15-5-2-8-21(15)17(22)16-11-13(18(23)24)6-7-20-16/h1,3-4,6-7,9,11,15H,2,5,8,10H2,(H,23,24). The van der Waals surface area contributed by atoms with Crippen LogP contribution in [0, 0.1) is 5.82 Å². The second-order valence-electron chi connectivity index (χ2n) is 5.86. The van der Waals surface area contributed by atoms with E-state index in [2.05, 4.69) is 4.98 Å². The van der Waals surface area contributed by atoms with Gasteiger partial charge in [0.15, 0.2) is 0 Å². The average Bonchev–Trinajstić information content (AvgIpc) is 3.02. The van der Waals surface area contributed by atoms with Crippen molar-refractivity contribution in [3.63, 3.8) is 0 Å². The molecule has 1 amide bonds. The highest BCUT2D eigenvalue weighted by Gasteiger charge is 2.30. The van der Waals surface area contributed by atoms with E-state index in [9.17, 15) is 14.0 Å². The normalized spacial score (nSPS) is 17.0. The first-order chi connectivity index (χ1) is 11.5. The zero-order chi connectivity index (χ0) is 17.1. The highest BCUT2D eigenvalue weighted by atomic mass is 19.1. The fourth-order valence-electron chi connectivity index (χ4n) is 3.08. The highest BCUT2D eigenvalue weighted by molar-refractivity contribution is 5.96. The lowest BCUT2D eigenvalue weighted by Crippen LogP contribution is -2.37. The van der Waals surface area contributed by atoms with Gasteiger partial charge < -0.3 is 10.0 Å². The Morgan fingerprint density at radius 1 is 1.29 bits per heavy atom. The fraction of sp³-hybridized carbons (Fsp3) is 0.278. The molecule has 1 saturated heterocycles. The summed E-state index contributed by atoms with van der Waals surface area (Å²) in [6, 6.07) is 8.98. The van der Waals surface area contributed by atoms with E-state index >= 15 is 0 Å². The second kappa shape index (κ2) is 6.78. The first-order valence-corrected chi connectivity index (χ1v) is 7.79. The molecule has 1 aromatic carbocycles. The molecule has 1 N–H and O–H groups in total. The summed E-state index contributed by atoms with van der Waals surface area (Å²) >= 11 is 0. The number of carboxylic acids is 1. The number of aromatic carboxylic acids is 1. The van der Waals surface area contributed by atoms with Gasteiger partial charge in [-0.2, -0.15) is 0 Å². The smallest absolute Gasteiger partial charge is 0.335 e. The third-order valence-electron chi connectivity index (χ3n) is 4.22. The number of nitrogens with zero attached hydrogens (tertiary/aromatic N) is 2. The van der Waals surface area contributed by atoms with Crippen LogP contribution in [0.5, 0.6) is 0 Å². The van der Waals surface area contributed by atoms with Gasteiger partial charge >= 0.3 is 5.97 Å². The fourth-order valence-corrected chi connectivity index (χ4v) is 3.08. The summed E-state index contributed by atoms with van der Waals surface area (Å²) in [5.41, 5.74) is 1.00. The highest BCUT2D eigenvalue weighted by Crippen LogP contribution is 2.23. The molecule has 0 saturated carbocycles. The minimum absolute atomic E-state index is 0.0328. The van der Waals surface area contributed by atoms with Crippen LogP contribution in [0.25, 0.3) is 0 Å². The summed E-state index contributed by atoms with van der Waals surface area (Å²) in [7, 11) is 0. The molecule has 3 rings (SSSR count). The topological polar surface area (TPSA) is 70.5 Å². The van der Waals surface area contributed by atoms with Gasteiger partial charge in [-0.15, -0.1) is 0 Å². The van der Waals surface area contributed by atoms with E-state index in [0.717, 1.165) is 18.4 Å². The molecule has 1 atom stereocenters. The number of carbonyl (C=O) groups excluding carboxylic acids is 1. The van der Waals surface area contributed by atoms with Crippen LogP contribution in [-0.2, 0) is 6.42 Å². The van der Waals surface area contributed by atoms with Crippen LogP contribution in [0.2, 0.25) is 0 Å². The Kier molecular flexibility index (Phi) is 4.55. The lowest BCUT2D eigenvalue weighted by atomic mass is 10.0. The van der Waals surface area contributed by atoms with Crippen molar-refractivity contribution in [3.05, 3.63) is 65.2 Å². The van der Waals surface area contributed by atoms with Crippen LogP contribution in [0.1, 0.15) is 39.3 Å². The molecule has 1 aromatic heterocycles. The first kappa shape index (κ1) is 16.1. The maximum atomic E-state index is 13.3. The van der Waals surface area contributed by atoms with Crippen molar-refractivity contribution in [2.24, 2.45) is 0 Å². The van der Waals surface area contributed by atoms with Crippen LogP contribution < -0.4 is 0 Å². The van der Waals surface area contributed by atoms with Gasteiger partial charge in [0.05, 0.1) is 5.56 Å². The SMILES string of the molecule is O=C(O)c1ccnc(C(=O)N2CCCC2Cc2cccc(F)c2)c1. The molecule has 0 spiro atoms. The number of aromatic nitrogens is 1. The Balaban J connectivity index is 1.78. The first-order valence-electron chi connectivity index (χ1n) is 7.79. The molecular weight excluding hydrogens is 311 g/mol. The van der Waals surface area contributed by atoms with Gasteiger partial charge in [-0.25, -0.2) is 9.18 Å². The van der Waals surface area contributed by atoms with Gasteiger partial charge in [0, 0.05) is 18.8 Å². The lowest BCUT2D eigenvalue weighted by Gasteiger charge is -2.24. The Labute approximate surface area is 138 Å². The molecule has 1 aliphatic heterocycles. The van der Waals surface area contributed by atoms with Gasteiger partial charge in [-0.1, -0.05) is 12.1 Å². The molecule has 0 bridgehead atoms. The van der Waals surface area contributed by atoms with Crippen molar-refractivity contribution >= 4 is 11.9 Å². The Morgan fingerprint density at radius 2 is 2.12 bits per heavy atom. The summed E-state index contributed by atoms with van der Waals surface area (Å²) < 4.78 is 13.3. The summed E-state index contributed by atoms with van der Waals surface area (Å²) in [6.07, 6.45) is 3.60. The van der Waals surface area contributed by atoms with Gasteiger partial charge in [0.25, 0.3) is 5.91 Å². The number of halogens is 1. The zero-order valence-electron chi connectivity index (χ0n) is 13.0. The number of likely N-dealkylation sites (tertiary alicyclic amines) is 1. The molecule has 0 aliphatic carbocycles. The van der Waals surface area contributed by atoms with Gasteiger partial charge in [-0.3, -0.25) is 9.78 Å². The maximum Gasteiger partial charge on any atom is 0.335 e. The van der Waals surface area contributed by atoms with Crippen molar-refractivity contribution in [2.45, 2.75) is 25.3 Å². The van der Waals surface area contributed by atoms with Gasteiger partial charge in [0.2, 0.25) is 0 Å². The molecule has 1 unspecified atom stereocenters. The Morgan fingerprint density at radius 3 is 2.88 bits per heavy atom. The van der Waals surface area contributed by atoms with E-state index in [-0.39, 0.29) is 29.0 Å². The van der Waals surface area contributed by atoms with E-state index in [4.69, 9.17) is 5.11 Å². The third-order valence-corrected chi connectivity index (χ3v) is 4.22. The van der Waals surface area contributed by atoms with Crippen molar-refractivity contribution < 1.29 is 19.1 Å². The van der Waals surface area contributed by atoms with Gasteiger partial charge in [-0.05, 0) is 49.1 Å². The van der Waals surface area contributed by atoms with Crippen LogP contribution in [0.15, 0.2) is 42.6 Å². The van der Waals surface area contributed by atoms with E-state index < -0.39 is 5.97 Å². The molecule has 24 heavy (non-hydrogen) atoms. The molecule has 6 heteroatoms. The van der Waals surface area contributed by atoms with Crippen molar-refractivity contribution in [3.8, 4) is 0 Å². The predicted molar refractivity (Wildman–Crippen MR) is 85.4 cm³/mol. The van der Waals surface area contributed by atoms with Gasteiger partial charge in [0.1, 0.15) is 11.5 Å². The largest absolute Gasteiger partial charge is 0.478 e. The number of amides is 1. The molecule has 124 valence electrons. The summed E-state index contributed by atoms with van der Waals surface area (Å²) in [5.74, 6) is -1.67. The van der Waals surface area contributed by atoms with E-state index in [1.807, 2.05) is 6.07 Å². The molecule has 1 fully saturated rings. The average molecular weight is 328 g/mol. The van der Waals surface area contributed by atoms with E-state index in [1.54, 1.807) is 11.0 Å². The number of pyridine rings is 1.